The van der Waals surface area contributed by atoms with E-state index in [1.54, 1.807) is 4.90 Å². The molecular formula is C11H18ClNO3. The Morgan fingerprint density at radius 2 is 2.25 bits per heavy atom. The van der Waals surface area contributed by atoms with E-state index >= 15 is 0 Å². The predicted molar refractivity (Wildman–Crippen MR) is 61.3 cm³/mol. The first-order chi connectivity index (χ1) is 7.69. The number of rotatable bonds is 5. The minimum atomic E-state index is -0.182. The highest BCUT2D eigenvalue weighted by atomic mass is 35.5. The largest absolute Gasteiger partial charge is 0.465 e. The maximum atomic E-state index is 11.6. The van der Waals surface area contributed by atoms with E-state index in [9.17, 15) is 9.59 Å². The zero-order valence-electron chi connectivity index (χ0n) is 9.58. The summed E-state index contributed by atoms with van der Waals surface area (Å²) in [5, 5.41) is 0. The molecule has 0 radical (unpaired) electrons. The Morgan fingerprint density at radius 3 is 2.88 bits per heavy atom. The van der Waals surface area contributed by atoms with Crippen molar-refractivity contribution in [2.24, 2.45) is 5.92 Å². The third-order valence-electron chi connectivity index (χ3n) is 2.73. The van der Waals surface area contributed by atoms with Crippen molar-refractivity contribution >= 4 is 23.5 Å². The van der Waals surface area contributed by atoms with Crippen LogP contribution in [-0.4, -0.2) is 42.4 Å². The van der Waals surface area contributed by atoms with Crippen LogP contribution < -0.4 is 0 Å². The van der Waals surface area contributed by atoms with Crippen LogP contribution in [0.1, 0.15) is 26.2 Å². The molecule has 1 unspecified atom stereocenters. The Hall–Kier alpha value is -0.770. The summed E-state index contributed by atoms with van der Waals surface area (Å²) in [4.78, 5) is 24.5. The summed E-state index contributed by atoms with van der Waals surface area (Å²) in [6.45, 7) is 3.59. The second-order valence-corrected chi connectivity index (χ2v) is 4.25. The molecule has 0 aromatic heterocycles. The smallest absolute Gasteiger partial charge is 0.310 e. The van der Waals surface area contributed by atoms with Crippen LogP contribution in [0, 0.1) is 5.92 Å². The molecule has 0 bridgehead atoms. The van der Waals surface area contributed by atoms with Crippen molar-refractivity contribution < 1.29 is 14.3 Å². The number of unbranched alkanes of at least 4 members (excludes halogenated alkanes) is 1. The Kier molecular flexibility index (Phi) is 5.60. The predicted octanol–water partition coefficient (Wildman–Crippen LogP) is 1.42. The molecule has 1 heterocycles. The molecule has 0 aliphatic carbocycles. The number of hydrogen-bond donors (Lipinski definition) is 0. The number of amides is 1. The van der Waals surface area contributed by atoms with Gasteiger partial charge < -0.3 is 9.64 Å². The van der Waals surface area contributed by atoms with Crippen molar-refractivity contribution in [2.75, 3.05) is 25.6 Å². The Bertz CT molecular complexity index is 258. The summed E-state index contributed by atoms with van der Waals surface area (Å²) in [6.07, 6.45) is 2.59. The van der Waals surface area contributed by atoms with Crippen LogP contribution in [-0.2, 0) is 14.3 Å². The van der Waals surface area contributed by atoms with E-state index in [4.69, 9.17) is 16.3 Å². The van der Waals surface area contributed by atoms with Crippen LogP contribution in [0.25, 0.3) is 0 Å². The standard InChI is InChI=1S/C11H18ClNO3/c1-2-3-6-16-11(15)9-4-5-13(8-9)10(14)7-12/h9H,2-8H2,1H3. The lowest BCUT2D eigenvalue weighted by Crippen LogP contribution is -2.31. The minimum Gasteiger partial charge on any atom is -0.465 e. The zero-order valence-corrected chi connectivity index (χ0v) is 10.3. The van der Waals surface area contributed by atoms with Crippen molar-refractivity contribution in [3.63, 3.8) is 0 Å². The van der Waals surface area contributed by atoms with Crippen LogP contribution in [0.5, 0.6) is 0 Å². The normalized spacial score (nSPS) is 19.9. The monoisotopic (exact) mass is 247 g/mol. The highest BCUT2D eigenvalue weighted by Crippen LogP contribution is 2.18. The molecule has 0 aromatic rings. The third kappa shape index (κ3) is 3.67. The molecule has 16 heavy (non-hydrogen) atoms. The number of likely N-dealkylation sites (tertiary alicyclic amines) is 1. The quantitative estimate of drug-likeness (QED) is 0.419. The highest BCUT2D eigenvalue weighted by molar-refractivity contribution is 6.27. The molecule has 1 atom stereocenters. The summed E-state index contributed by atoms with van der Waals surface area (Å²) in [5.41, 5.74) is 0. The fraction of sp³-hybridized carbons (Fsp3) is 0.818. The van der Waals surface area contributed by atoms with Crippen LogP contribution in [0.15, 0.2) is 0 Å². The van der Waals surface area contributed by atoms with Crippen molar-refractivity contribution in [3.8, 4) is 0 Å². The number of carbonyl (C=O) groups excluding carboxylic acids is 2. The van der Waals surface area contributed by atoms with Gasteiger partial charge in [0.05, 0.1) is 12.5 Å². The van der Waals surface area contributed by atoms with E-state index in [1.807, 2.05) is 6.92 Å². The van der Waals surface area contributed by atoms with E-state index < -0.39 is 0 Å². The topological polar surface area (TPSA) is 46.6 Å². The molecule has 1 amide bonds. The summed E-state index contributed by atoms with van der Waals surface area (Å²) in [5.74, 6) is -0.467. The molecular weight excluding hydrogens is 230 g/mol. The first kappa shape index (κ1) is 13.3. The molecule has 1 rings (SSSR count). The average molecular weight is 248 g/mol. The zero-order chi connectivity index (χ0) is 12.0. The summed E-state index contributed by atoms with van der Waals surface area (Å²) < 4.78 is 5.12. The number of esters is 1. The molecule has 1 fully saturated rings. The van der Waals surface area contributed by atoms with E-state index in [2.05, 4.69) is 0 Å². The minimum absolute atomic E-state index is 0.0163. The van der Waals surface area contributed by atoms with Gasteiger partial charge in [-0.15, -0.1) is 11.6 Å². The van der Waals surface area contributed by atoms with Crippen molar-refractivity contribution in [3.05, 3.63) is 0 Å². The average Bonchev–Trinajstić information content (AvgIpc) is 2.77. The Balaban J connectivity index is 2.29. The van der Waals surface area contributed by atoms with Gasteiger partial charge in [-0.3, -0.25) is 9.59 Å². The molecule has 0 N–H and O–H groups in total. The number of carbonyl (C=O) groups is 2. The van der Waals surface area contributed by atoms with Gasteiger partial charge in [-0.2, -0.15) is 0 Å². The van der Waals surface area contributed by atoms with Crippen LogP contribution in [0.3, 0.4) is 0 Å². The maximum Gasteiger partial charge on any atom is 0.310 e. The Labute approximate surface area is 101 Å². The van der Waals surface area contributed by atoms with Crippen LogP contribution >= 0.6 is 11.6 Å². The molecule has 92 valence electrons. The lowest BCUT2D eigenvalue weighted by molar-refractivity contribution is -0.148. The number of halogens is 1. The lowest BCUT2D eigenvalue weighted by atomic mass is 10.1. The SMILES string of the molecule is CCCCOC(=O)C1CCN(C(=O)CCl)C1. The van der Waals surface area contributed by atoms with Crippen molar-refractivity contribution in [1.29, 1.82) is 0 Å². The summed E-state index contributed by atoms with van der Waals surface area (Å²) >= 11 is 5.45. The molecule has 4 nitrogen and oxygen atoms in total. The molecule has 0 aromatic carbocycles. The first-order valence-corrected chi connectivity index (χ1v) is 6.22. The summed E-state index contributed by atoms with van der Waals surface area (Å²) in [6, 6.07) is 0. The summed E-state index contributed by atoms with van der Waals surface area (Å²) in [7, 11) is 0. The first-order valence-electron chi connectivity index (χ1n) is 5.69. The van der Waals surface area contributed by atoms with Crippen LogP contribution in [0.4, 0.5) is 0 Å². The van der Waals surface area contributed by atoms with E-state index in [0.717, 1.165) is 12.8 Å². The van der Waals surface area contributed by atoms with Gasteiger partial charge >= 0.3 is 5.97 Å². The molecule has 1 aliphatic rings. The van der Waals surface area contributed by atoms with Gasteiger partial charge in [-0.25, -0.2) is 0 Å². The lowest BCUT2D eigenvalue weighted by Gasteiger charge is -2.14. The highest BCUT2D eigenvalue weighted by Gasteiger charge is 2.31. The number of nitrogens with zero attached hydrogens (tertiary/aromatic N) is 1. The number of alkyl halides is 1. The van der Waals surface area contributed by atoms with Gasteiger partial charge in [0.1, 0.15) is 5.88 Å². The molecule has 1 aliphatic heterocycles. The van der Waals surface area contributed by atoms with E-state index in [1.165, 1.54) is 0 Å². The number of ether oxygens (including phenoxy) is 1. The fourth-order valence-corrected chi connectivity index (χ4v) is 1.87. The molecule has 5 heteroatoms. The molecule has 0 spiro atoms. The van der Waals surface area contributed by atoms with Gasteiger partial charge in [0.2, 0.25) is 5.91 Å². The fourth-order valence-electron chi connectivity index (χ4n) is 1.70. The van der Waals surface area contributed by atoms with Gasteiger partial charge in [0.25, 0.3) is 0 Å². The van der Waals surface area contributed by atoms with Crippen molar-refractivity contribution in [1.82, 2.24) is 4.90 Å². The van der Waals surface area contributed by atoms with E-state index in [-0.39, 0.29) is 23.7 Å². The third-order valence-corrected chi connectivity index (χ3v) is 2.96. The number of hydrogen-bond acceptors (Lipinski definition) is 3. The van der Waals surface area contributed by atoms with E-state index in [0.29, 0.717) is 26.1 Å². The molecule has 1 saturated heterocycles. The van der Waals surface area contributed by atoms with Crippen molar-refractivity contribution in [2.45, 2.75) is 26.2 Å². The second-order valence-electron chi connectivity index (χ2n) is 3.98. The Morgan fingerprint density at radius 1 is 1.50 bits per heavy atom. The van der Waals surface area contributed by atoms with Gasteiger partial charge in [0.15, 0.2) is 0 Å². The maximum absolute atomic E-state index is 11.6. The van der Waals surface area contributed by atoms with Gasteiger partial charge in [-0.05, 0) is 12.8 Å². The molecule has 0 saturated carbocycles. The second kappa shape index (κ2) is 6.74. The van der Waals surface area contributed by atoms with Gasteiger partial charge in [-0.1, -0.05) is 13.3 Å². The van der Waals surface area contributed by atoms with Crippen LogP contribution in [0.2, 0.25) is 0 Å². The van der Waals surface area contributed by atoms with Gasteiger partial charge in [0, 0.05) is 13.1 Å².